The molecule has 9 heteroatoms. The van der Waals surface area contributed by atoms with Gasteiger partial charge in [-0.1, -0.05) is 77.3 Å². The standard InChI is InChI=1S/C23H20N4O2S3/c1-16(12-19-9-5-11-29-19)13-24-25-21(28)15-31-23-27-26-22(32-23)30-14-18-8-4-7-17-6-2-3-10-20(17)18/h2-13H,14-15H2,1H3,(H,25,28)/b16-12+,24-13-. The summed E-state index contributed by atoms with van der Waals surface area (Å²) in [7, 11) is 0. The van der Waals surface area contributed by atoms with E-state index < -0.39 is 0 Å². The second kappa shape index (κ2) is 11.1. The van der Waals surface area contributed by atoms with Gasteiger partial charge < -0.3 is 4.42 Å². The lowest BCUT2D eigenvalue weighted by Crippen LogP contribution is -2.19. The first-order chi connectivity index (χ1) is 15.7. The van der Waals surface area contributed by atoms with Crippen LogP contribution in [0, 0.1) is 0 Å². The van der Waals surface area contributed by atoms with Crippen LogP contribution in [0.15, 0.2) is 84.6 Å². The van der Waals surface area contributed by atoms with E-state index in [-0.39, 0.29) is 11.7 Å². The minimum atomic E-state index is -0.197. The molecule has 6 nitrogen and oxygen atoms in total. The van der Waals surface area contributed by atoms with Gasteiger partial charge in [-0.25, -0.2) is 5.43 Å². The Bertz CT molecular complexity index is 1240. The van der Waals surface area contributed by atoms with Crippen molar-refractivity contribution < 1.29 is 9.21 Å². The Kier molecular flexibility index (Phi) is 7.76. The summed E-state index contributed by atoms with van der Waals surface area (Å²) in [4.78, 5) is 12.0. The minimum absolute atomic E-state index is 0.197. The van der Waals surface area contributed by atoms with Gasteiger partial charge in [0.15, 0.2) is 8.68 Å². The Hall–Kier alpha value is -2.88. The highest BCUT2D eigenvalue weighted by atomic mass is 32.2. The van der Waals surface area contributed by atoms with E-state index in [0.29, 0.717) is 0 Å². The van der Waals surface area contributed by atoms with Gasteiger partial charge in [0.25, 0.3) is 5.91 Å². The number of hydrogen-bond acceptors (Lipinski definition) is 8. The maximum absolute atomic E-state index is 12.0. The number of amides is 1. The molecule has 0 atom stereocenters. The van der Waals surface area contributed by atoms with Crippen molar-refractivity contribution in [3.8, 4) is 0 Å². The van der Waals surface area contributed by atoms with Crippen LogP contribution in [0.1, 0.15) is 18.2 Å². The number of hydrogen-bond donors (Lipinski definition) is 1. The molecule has 0 aliphatic carbocycles. The second-order valence-electron chi connectivity index (χ2n) is 6.75. The molecule has 0 unspecified atom stereocenters. The lowest BCUT2D eigenvalue weighted by Gasteiger charge is -2.04. The van der Waals surface area contributed by atoms with Crippen molar-refractivity contribution in [2.45, 2.75) is 21.4 Å². The summed E-state index contributed by atoms with van der Waals surface area (Å²) in [6.45, 7) is 1.88. The number of furan rings is 1. The number of allylic oxidation sites excluding steroid dienone is 1. The quantitative estimate of drug-likeness (QED) is 0.183. The van der Waals surface area contributed by atoms with Crippen LogP contribution in [0.4, 0.5) is 0 Å². The van der Waals surface area contributed by atoms with Crippen molar-refractivity contribution in [2.75, 3.05) is 5.75 Å². The highest BCUT2D eigenvalue weighted by molar-refractivity contribution is 8.03. The van der Waals surface area contributed by atoms with Crippen LogP contribution in [-0.2, 0) is 10.5 Å². The topological polar surface area (TPSA) is 80.4 Å². The van der Waals surface area contributed by atoms with E-state index in [0.717, 1.165) is 25.8 Å². The summed E-state index contributed by atoms with van der Waals surface area (Å²) < 4.78 is 6.89. The molecule has 1 amide bonds. The lowest BCUT2D eigenvalue weighted by molar-refractivity contribution is -0.118. The van der Waals surface area contributed by atoms with E-state index >= 15 is 0 Å². The minimum Gasteiger partial charge on any atom is -0.465 e. The number of benzene rings is 2. The summed E-state index contributed by atoms with van der Waals surface area (Å²) in [6, 6.07) is 18.4. The second-order valence-corrected chi connectivity index (χ2v) is 10.2. The van der Waals surface area contributed by atoms with Gasteiger partial charge in [-0.15, -0.1) is 10.2 Å². The molecule has 2 heterocycles. The number of carbonyl (C=O) groups is 1. The van der Waals surface area contributed by atoms with Crippen molar-refractivity contribution in [1.82, 2.24) is 15.6 Å². The molecule has 0 saturated carbocycles. The average Bonchev–Trinajstić information content (AvgIpc) is 3.48. The van der Waals surface area contributed by atoms with E-state index in [4.69, 9.17) is 4.42 Å². The van der Waals surface area contributed by atoms with E-state index in [9.17, 15) is 4.79 Å². The first-order valence-electron chi connectivity index (χ1n) is 9.77. The molecule has 0 spiro atoms. The van der Waals surface area contributed by atoms with Crippen LogP contribution in [0.25, 0.3) is 16.8 Å². The molecule has 4 aromatic rings. The molecule has 162 valence electrons. The Morgan fingerprint density at radius 1 is 1.09 bits per heavy atom. The monoisotopic (exact) mass is 480 g/mol. The van der Waals surface area contributed by atoms with Gasteiger partial charge >= 0.3 is 0 Å². The predicted octanol–water partition coefficient (Wildman–Crippen LogP) is 5.87. The van der Waals surface area contributed by atoms with Gasteiger partial charge in [-0.2, -0.15) is 5.10 Å². The summed E-state index contributed by atoms with van der Waals surface area (Å²) >= 11 is 4.50. The molecular weight excluding hydrogens is 460 g/mol. The van der Waals surface area contributed by atoms with Crippen LogP contribution in [-0.4, -0.2) is 28.1 Å². The molecule has 0 aliphatic rings. The van der Waals surface area contributed by atoms with Crippen molar-refractivity contribution in [3.05, 3.63) is 77.8 Å². The molecule has 0 bridgehead atoms. The molecular formula is C23H20N4O2S3. The highest BCUT2D eigenvalue weighted by Gasteiger charge is 2.09. The van der Waals surface area contributed by atoms with E-state index in [2.05, 4.69) is 57.1 Å². The number of aromatic nitrogens is 2. The molecule has 2 aromatic heterocycles. The van der Waals surface area contributed by atoms with Gasteiger partial charge in [0.2, 0.25) is 0 Å². The van der Waals surface area contributed by atoms with Gasteiger partial charge in [0.1, 0.15) is 5.76 Å². The number of rotatable bonds is 9. The SMILES string of the molecule is CC(/C=N\NC(=O)CSc1nnc(SCc2cccc3ccccc23)s1)=C\c1ccco1. The number of nitrogens with zero attached hydrogens (tertiary/aromatic N) is 3. The van der Waals surface area contributed by atoms with E-state index in [1.807, 2.05) is 31.2 Å². The number of carbonyl (C=O) groups excluding carboxylic acids is 1. The largest absolute Gasteiger partial charge is 0.465 e. The van der Waals surface area contributed by atoms with E-state index in [1.165, 1.54) is 39.4 Å². The van der Waals surface area contributed by atoms with Gasteiger partial charge in [0, 0.05) is 5.75 Å². The normalized spacial score (nSPS) is 12.0. The predicted molar refractivity (Wildman–Crippen MR) is 133 cm³/mol. The third-order valence-electron chi connectivity index (χ3n) is 4.32. The highest BCUT2D eigenvalue weighted by Crippen LogP contribution is 2.32. The third kappa shape index (κ3) is 6.32. The van der Waals surface area contributed by atoms with Crippen LogP contribution in [0.5, 0.6) is 0 Å². The first kappa shape index (κ1) is 22.3. The number of hydrazone groups is 1. The Labute approximate surface area is 198 Å². The number of nitrogens with one attached hydrogen (secondary N) is 1. The van der Waals surface area contributed by atoms with Gasteiger partial charge in [0.05, 0.1) is 18.2 Å². The maximum atomic E-state index is 12.0. The average molecular weight is 481 g/mol. The molecule has 1 N–H and O–H groups in total. The fourth-order valence-corrected chi connectivity index (χ4v) is 5.69. The fourth-order valence-electron chi connectivity index (χ4n) is 2.87. The van der Waals surface area contributed by atoms with Crippen molar-refractivity contribution >= 4 is 63.8 Å². The molecule has 0 aliphatic heterocycles. The summed E-state index contributed by atoms with van der Waals surface area (Å²) in [5.74, 6) is 1.58. The molecule has 0 radical (unpaired) electrons. The van der Waals surface area contributed by atoms with Crippen molar-refractivity contribution in [1.29, 1.82) is 0 Å². The summed E-state index contributed by atoms with van der Waals surface area (Å²) in [6.07, 6.45) is 5.03. The molecule has 4 rings (SSSR count). The fraction of sp³-hybridized carbons (Fsp3) is 0.130. The Morgan fingerprint density at radius 2 is 1.91 bits per heavy atom. The molecule has 32 heavy (non-hydrogen) atoms. The number of fused-ring (bicyclic) bond motifs is 1. The Morgan fingerprint density at radius 3 is 2.75 bits per heavy atom. The zero-order chi connectivity index (χ0) is 22.2. The van der Waals surface area contributed by atoms with Crippen LogP contribution < -0.4 is 5.43 Å². The van der Waals surface area contributed by atoms with Crippen LogP contribution in [0.2, 0.25) is 0 Å². The Balaban J connectivity index is 1.23. The zero-order valence-electron chi connectivity index (χ0n) is 17.2. The van der Waals surface area contributed by atoms with Gasteiger partial charge in [-0.05, 0) is 47.0 Å². The van der Waals surface area contributed by atoms with Gasteiger partial charge in [-0.3, -0.25) is 4.79 Å². The van der Waals surface area contributed by atoms with Crippen LogP contribution >= 0.6 is 34.9 Å². The van der Waals surface area contributed by atoms with Crippen molar-refractivity contribution in [2.24, 2.45) is 5.10 Å². The molecule has 0 fully saturated rings. The first-order valence-corrected chi connectivity index (χ1v) is 12.6. The van der Waals surface area contributed by atoms with E-state index in [1.54, 1.807) is 24.2 Å². The molecule has 2 aromatic carbocycles. The van der Waals surface area contributed by atoms with Crippen LogP contribution in [0.3, 0.4) is 0 Å². The maximum Gasteiger partial charge on any atom is 0.250 e. The molecule has 0 saturated heterocycles. The zero-order valence-corrected chi connectivity index (χ0v) is 19.7. The summed E-state index contributed by atoms with van der Waals surface area (Å²) in [5, 5.41) is 14.9. The number of thioether (sulfide) groups is 2. The van der Waals surface area contributed by atoms with Crippen molar-refractivity contribution in [3.63, 3.8) is 0 Å². The smallest absolute Gasteiger partial charge is 0.250 e. The third-order valence-corrected chi connectivity index (χ3v) is 7.56. The lowest BCUT2D eigenvalue weighted by atomic mass is 10.1. The summed E-state index contributed by atoms with van der Waals surface area (Å²) in [5.41, 5.74) is 4.66.